The lowest BCUT2D eigenvalue weighted by molar-refractivity contribution is 0.0927. The smallest absolute Gasteiger partial charge is 0.0826 e. The highest BCUT2D eigenvalue weighted by Crippen LogP contribution is 2.12. The Bertz CT molecular complexity index is 380. The standard InChI is InChI=1S/C14H23NO5/c1-9(18)2-10-3-11(5-13(19)7-16)15-12(4-10)6-14(20)8-17/h3-4,9,13-14,16-20H,2,5-8H2,1H3. The Hall–Kier alpha value is -1.05. The molecule has 20 heavy (non-hydrogen) atoms. The molecule has 1 aromatic rings. The normalized spacial score (nSPS) is 15.9. The molecule has 1 aromatic heterocycles. The third-order valence-electron chi connectivity index (χ3n) is 2.83. The molecule has 0 aliphatic rings. The second-order valence-corrected chi connectivity index (χ2v) is 5.09. The maximum atomic E-state index is 9.47. The summed E-state index contributed by atoms with van der Waals surface area (Å²) < 4.78 is 0. The van der Waals surface area contributed by atoms with Crippen LogP contribution in [0.5, 0.6) is 0 Å². The summed E-state index contributed by atoms with van der Waals surface area (Å²) in [7, 11) is 0. The predicted molar refractivity (Wildman–Crippen MR) is 73.2 cm³/mol. The van der Waals surface area contributed by atoms with Crippen molar-refractivity contribution in [2.24, 2.45) is 0 Å². The van der Waals surface area contributed by atoms with Crippen molar-refractivity contribution >= 4 is 0 Å². The van der Waals surface area contributed by atoms with Crippen LogP contribution in [0.25, 0.3) is 0 Å². The van der Waals surface area contributed by atoms with E-state index in [0.29, 0.717) is 17.8 Å². The summed E-state index contributed by atoms with van der Waals surface area (Å²) >= 11 is 0. The van der Waals surface area contributed by atoms with Gasteiger partial charge in [-0.15, -0.1) is 0 Å². The van der Waals surface area contributed by atoms with E-state index < -0.39 is 18.3 Å². The van der Waals surface area contributed by atoms with E-state index in [9.17, 15) is 15.3 Å². The van der Waals surface area contributed by atoms with Gasteiger partial charge in [0.2, 0.25) is 0 Å². The summed E-state index contributed by atoms with van der Waals surface area (Å²) in [5, 5.41) is 46.1. The first kappa shape index (κ1) is 17.0. The lowest BCUT2D eigenvalue weighted by Crippen LogP contribution is -2.19. The number of aliphatic hydroxyl groups is 5. The highest BCUT2D eigenvalue weighted by atomic mass is 16.3. The molecule has 1 rings (SSSR count). The summed E-state index contributed by atoms with van der Waals surface area (Å²) in [4.78, 5) is 4.29. The summed E-state index contributed by atoms with van der Waals surface area (Å²) in [6, 6.07) is 3.53. The molecule has 3 atom stereocenters. The summed E-state index contributed by atoms with van der Waals surface area (Å²) in [6.45, 7) is 0.971. The van der Waals surface area contributed by atoms with E-state index in [1.807, 2.05) is 0 Å². The van der Waals surface area contributed by atoms with Crippen LogP contribution in [0.3, 0.4) is 0 Å². The molecule has 0 spiro atoms. The van der Waals surface area contributed by atoms with Crippen LogP contribution in [0.2, 0.25) is 0 Å². The Morgan fingerprint density at radius 1 is 0.900 bits per heavy atom. The van der Waals surface area contributed by atoms with Gasteiger partial charge in [-0.2, -0.15) is 0 Å². The predicted octanol–water partition coefficient (Wildman–Crippen LogP) is -1.20. The van der Waals surface area contributed by atoms with Crippen LogP contribution in [-0.4, -0.2) is 62.0 Å². The van der Waals surface area contributed by atoms with Gasteiger partial charge in [-0.1, -0.05) is 0 Å². The van der Waals surface area contributed by atoms with Gasteiger partial charge >= 0.3 is 0 Å². The van der Waals surface area contributed by atoms with Crippen molar-refractivity contribution in [2.75, 3.05) is 13.2 Å². The Labute approximate surface area is 118 Å². The molecule has 0 bridgehead atoms. The zero-order chi connectivity index (χ0) is 15.1. The first-order chi connectivity index (χ1) is 9.44. The van der Waals surface area contributed by atoms with Crippen LogP contribution >= 0.6 is 0 Å². The maximum Gasteiger partial charge on any atom is 0.0826 e. The fraction of sp³-hybridized carbons (Fsp3) is 0.643. The molecule has 0 radical (unpaired) electrons. The molecule has 1 heterocycles. The lowest BCUT2D eigenvalue weighted by Gasteiger charge is -2.13. The van der Waals surface area contributed by atoms with E-state index in [0.717, 1.165) is 5.56 Å². The average Bonchev–Trinajstić information content (AvgIpc) is 2.37. The lowest BCUT2D eigenvalue weighted by atomic mass is 10.0. The van der Waals surface area contributed by atoms with Gasteiger partial charge in [-0.05, 0) is 31.0 Å². The minimum absolute atomic E-state index is 0.201. The van der Waals surface area contributed by atoms with Crippen molar-refractivity contribution in [3.63, 3.8) is 0 Å². The van der Waals surface area contributed by atoms with E-state index >= 15 is 0 Å². The van der Waals surface area contributed by atoms with Gasteiger partial charge in [0.1, 0.15) is 0 Å². The minimum atomic E-state index is -0.889. The number of aromatic nitrogens is 1. The molecule has 6 nitrogen and oxygen atoms in total. The van der Waals surface area contributed by atoms with Crippen molar-refractivity contribution < 1.29 is 25.5 Å². The SMILES string of the molecule is CC(O)Cc1cc(CC(O)CO)nc(CC(O)CO)c1. The van der Waals surface area contributed by atoms with Crippen molar-refractivity contribution in [2.45, 2.75) is 44.5 Å². The summed E-state index contributed by atoms with van der Waals surface area (Å²) in [5.74, 6) is 0. The Kier molecular flexibility index (Phi) is 7.04. The molecule has 0 saturated carbocycles. The van der Waals surface area contributed by atoms with Crippen molar-refractivity contribution in [1.29, 1.82) is 0 Å². The largest absolute Gasteiger partial charge is 0.394 e. The number of pyridine rings is 1. The average molecular weight is 285 g/mol. The van der Waals surface area contributed by atoms with E-state index in [-0.39, 0.29) is 26.1 Å². The number of hydrogen-bond donors (Lipinski definition) is 5. The van der Waals surface area contributed by atoms with Crippen LogP contribution in [0.1, 0.15) is 23.9 Å². The molecule has 114 valence electrons. The second kappa shape index (κ2) is 8.28. The summed E-state index contributed by atoms with van der Waals surface area (Å²) in [5.41, 5.74) is 2.02. The maximum absolute atomic E-state index is 9.47. The molecule has 5 N–H and O–H groups in total. The first-order valence-corrected chi connectivity index (χ1v) is 6.69. The van der Waals surface area contributed by atoms with Gasteiger partial charge in [-0.25, -0.2) is 0 Å². The van der Waals surface area contributed by atoms with Crippen LogP contribution in [0.15, 0.2) is 12.1 Å². The fourth-order valence-electron chi connectivity index (χ4n) is 2.00. The monoisotopic (exact) mass is 285 g/mol. The van der Waals surface area contributed by atoms with Gasteiger partial charge in [0, 0.05) is 24.2 Å². The number of rotatable bonds is 8. The van der Waals surface area contributed by atoms with E-state index in [2.05, 4.69) is 4.98 Å². The molecule has 6 heteroatoms. The second-order valence-electron chi connectivity index (χ2n) is 5.09. The van der Waals surface area contributed by atoms with Crippen LogP contribution in [-0.2, 0) is 19.3 Å². The molecule has 3 unspecified atom stereocenters. The zero-order valence-corrected chi connectivity index (χ0v) is 11.6. The van der Waals surface area contributed by atoms with Crippen LogP contribution in [0, 0.1) is 0 Å². The van der Waals surface area contributed by atoms with Gasteiger partial charge in [0.15, 0.2) is 0 Å². The van der Waals surface area contributed by atoms with Crippen molar-refractivity contribution in [3.05, 3.63) is 29.1 Å². The molecular weight excluding hydrogens is 262 g/mol. The van der Waals surface area contributed by atoms with Gasteiger partial charge < -0.3 is 25.5 Å². The topological polar surface area (TPSA) is 114 Å². The molecule has 0 aliphatic carbocycles. The van der Waals surface area contributed by atoms with E-state index in [4.69, 9.17) is 10.2 Å². The van der Waals surface area contributed by atoms with Crippen molar-refractivity contribution in [1.82, 2.24) is 4.98 Å². The third kappa shape index (κ3) is 5.94. The molecule has 0 fully saturated rings. The molecule has 0 saturated heterocycles. The Morgan fingerprint density at radius 3 is 1.70 bits per heavy atom. The number of aliphatic hydroxyl groups excluding tert-OH is 5. The fourth-order valence-corrected chi connectivity index (χ4v) is 2.00. The summed E-state index contributed by atoms with van der Waals surface area (Å²) in [6.07, 6.45) is -1.45. The molecular formula is C14H23NO5. The van der Waals surface area contributed by atoms with Crippen molar-refractivity contribution in [3.8, 4) is 0 Å². The van der Waals surface area contributed by atoms with Gasteiger partial charge in [-0.3, -0.25) is 4.98 Å². The Morgan fingerprint density at radius 2 is 1.35 bits per heavy atom. The number of hydrogen-bond acceptors (Lipinski definition) is 6. The molecule has 0 amide bonds. The Balaban J connectivity index is 2.94. The van der Waals surface area contributed by atoms with Gasteiger partial charge in [0.25, 0.3) is 0 Å². The third-order valence-corrected chi connectivity index (χ3v) is 2.83. The first-order valence-electron chi connectivity index (χ1n) is 6.69. The highest BCUT2D eigenvalue weighted by molar-refractivity contribution is 5.23. The number of nitrogens with zero attached hydrogens (tertiary/aromatic N) is 1. The zero-order valence-electron chi connectivity index (χ0n) is 11.6. The minimum Gasteiger partial charge on any atom is -0.394 e. The van der Waals surface area contributed by atoms with E-state index in [1.165, 1.54) is 0 Å². The molecule has 0 aromatic carbocycles. The quantitative estimate of drug-likeness (QED) is 0.410. The van der Waals surface area contributed by atoms with Gasteiger partial charge in [0.05, 0.1) is 31.5 Å². The highest BCUT2D eigenvalue weighted by Gasteiger charge is 2.12. The van der Waals surface area contributed by atoms with Crippen LogP contribution < -0.4 is 0 Å². The molecule has 0 aliphatic heterocycles. The van der Waals surface area contributed by atoms with E-state index in [1.54, 1.807) is 19.1 Å². The van der Waals surface area contributed by atoms with Crippen LogP contribution in [0.4, 0.5) is 0 Å².